The Morgan fingerprint density at radius 1 is 0.434 bits per heavy atom. The van der Waals surface area contributed by atoms with E-state index in [0.717, 1.165) is 44.9 Å². The SMILES string of the molecule is CC1(C)c2ccccc2-c2c(-c3ccc(-c4c(C5=NC(c6ccccc6)NC(c6ccccc6)=N5)c5ccccc5c5ccccc45)cc3)cccc21. The first-order chi connectivity index (χ1) is 26.1. The molecule has 0 saturated carbocycles. The summed E-state index contributed by atoms with van der Waals surface area (Å²) in [4.78, 5) is 10.7. The van der Waals surface area contributed by atoms with Gasteiger partial charge in [-0.25, -0.2) is 9.98 Å². The molecule has 3 nitrogen and oxygen atoms in total. The Hall–Kier alpha value is -6.58. The van der Waals surface area contributed by atoms with Crippen molar-refractivity contribution in [3.05, 3.63) is 204 Å². The van der Waals surface area contributed by atoms with E-state index in [1.807, 2.05) is 12.1 Å². The molecule has 8 aromatic carbocycles. The molecule has 10 rings (SSSR count). The van der Waals surface area contributed by atoms with Gasteiger partial charge in [0.05, 0.1) is 0 Å². The van der Waals surface area contributed by atoms with Crippen LogP contribution >= 0.6 is 0 Å². The lowest BCUT2D eigenvalue weighted by atomic mass is 9.82. The van der Waals surface area contributed by atoms with Crippen molar-refractivity contribution in [3.8, 4) is 33.4 Å². The van der Waals surface area contributed by atoms with Gasteiger partial charge in [-0.1, -0.05) is 190 Å². The summed E-state index contributed by atoms with van der Waals surface area (Å²) >= 11 is 0. The summed E-state index contributed by atoms with van der Waals surface area (Å²) < 4.78 is 0. The van der Waals surface area contributed by atoms with Crippen molar-refractivity contribution in [1.82, 2.24) is 5.32 Å². The molecule has 8 aromatic rings. The highest BCUT2D eigenvalue weighted by Gasteiger charge is 2.36. The van der Waals surface area contributed by atoms with Gasteiger partial charge in [0.1, 0.15) is 12.0 Å². The van der Waals surface area contributed by atoms with Crippen LogP contribution in [-0.4, -0.2) is 11.7 Å². The molecule has 0 radical (unpaired) electrons. The average molecular weight is 680 g/mol. The molecule has 53 heavy (non-hydrogen) atoms. The van der Waals surface area contributed by atoms with Crippen LogP contribution in [0.25, 0.3) is 54.9 Å². The van der Waals surface area contributed by atoms with E-state index in [1.54, 1.807) is 0 Å². The standard InChI is InChI=1S/C50H37N3/c1-50(2)42-26-14-13-24-41(42)45-36(25-15-27-43(45)50)32-28-30-33(31-29-32)44-39-22-11-9-20-37(39)38-21-10-12-23-40(38)46(44)49-52-47(34-16-5-3-6-17-34)51-48(53-49)35-18-7-4-8-19-35/h3-31,47H,1-2H3,(H,51,52,53). The van der Waals surface area contributed by atoms with Crippen LogP contribution in [0.4, 0.5) is 0 Å². The second-order valence-electron chi connectivity index (χ2n) is 14.6. The number of hydrogen-bond donors (Lipinski definition) is 1. The third-order valence-electron chi connectivity index (χ3n) is 11.2. The zero-order valence-electron chi connectivity index (χ0n) is 29.7. The third-order valence-corrected chi connectivity index (χ3v) is 11.2. The molecular weight excluding hydrogens is 643 g/mol. The zero-order valence-corrected chi connectivity index (χ0v) is 29.7. The Labute approximate surface area is 310 Å². The van der Waals surface area contributed by atoms with Gasteiger partial charge in [0.15, 0.2) is 5.84 Å². The highest BCUT2D eigenvalue weighted by atomic mass is 15.2. The second kappa shape index (κ2) is 12.3. The fraction of sp³-hybridized carbons (Fsp3) is 0.0800. The van der Waals surface area contributed by atoms with Crippen LogP contribution < -0.4 is 5.32 Å². The Morgan fingerprint density at radius 3 is 1.70 bits per heavy atom. The van der Waals surface area contributed by atoms with Gasteiger partial charge in [0, 0.05) is 22.1 Å². The van der Waals surface area contributed by atoms with Gasteiger partial charge in [-0.2, -0.15) is 0 Å². The van der Waals surface area contributed by atoms with Crippen LogP contribution in [0.2, 0.25) is 0 Å². The van der Waals surface area contributed by atoms with Gasteiger partial charge in [0.25, 0.3) is 0 Å². The molecule has 0 amide bonds. The summed E-state index contributed by atoms with van der Waals surface area (Å²) in [5, 5.41) is 8.37. The van der Waals surface area contributed by atoms with Crippen LogP contribution in [0.15, 0.2) is 186 Å². The fourth-order valence-electron chi connectivity index (χ4n) is 8.59. The Bertz CT molecular complexity index is 2760. The maximum Gasteiger partial charge on any atom is 0.160 e. The third kappa shape index (κ3) is 5.03. The highest BCUT2D eigenvalue weighted by molar-refractivity contribution is 6.27. The molecule has 0 spiro atoms. The molecule has 252 valence electrons. The largest absolute Gasteiger partial charge is 0.344 e. The molecule has 0 fully saturated rings. The molecule has 3 heteroatoms. The number of hydrogen-bond acceptors (Lipinski definition) is 3. The minimum atomic E-state index is -0.299. The second-order valence-corrected chi connectivity index (χ2v) is 14.6. The fourth-order valence-corrected chi connectivity index (χ4v) is 8.59. The molecule has 1 N–H and O–H groups in total. The summed E-state index contributed by atoms with van der Waals surface area (Å²) in [6.07, 6.45) is -0.299. The van der Waals surface area contributed by atoms with E-state index in [0.29, 0.717) is 0 Å². The van der Waals surface area contributed by atoms with E-state index in [1.165, 1.54) is 49.5 Å². The summed E-state index contributed by atoms with van der Waals surface area (Å²) in [5.41, 5.74) is 13.3. The van der Waals surface area contributed by atoms with Crippen LogP contribution in [-0.2, 0) is 5.41 Å². The van der Waals surface area contributed by atoms with Crippen molar-refractivity contribution in [2.24, 2.45) is 9.98 Å². The smallest absolute Gasteiger partial charge is 0.160 e. The van der Waals surface area contributed by atoms with Crippen molar-refractivity contribution >= 4 is 33.2 Å². The zero-order chi connectivity index (χ0) is 35.5. The summed E-state index contributed by atoms with van der Waals surface area (Å²) in [6.45, 7) is 4.68. The Kier molecular flexibility index (Phi) is 7.23. The number of aliphatic imine (C=N–C) groups is 2. The van der Waals surface area contributed by atoms with Crippen molar-refractivity contribution in [2.45, 2.75) is 25.4 Å². The van der Waals surface area contributed by atoms with Crippen molar-refractivity contribution in [2.75, 3.05) is 0 Å². The minimum Gasteiger partial charge on any atom is -0.344 e. The summed E-state index contributed by atoms with van der Waals surface area (Å²) in [6, 6.07) is 63.1. The predicted octanol–water partition coefficient (Wildman–Crippen LogP) is 12.1. The van der Waals surface area contributed by atoms with Gasteiger partial charge in [-0.15, -0.1) is 0 Å². The van der Waals surface area contributed by atoms with E-state index in [2.05, 4.69) is 183 Å². The van der Waals surface area contributed by atoms with E-state index >= 15 is 0 Å². The van der Waals surface area contributed by atoms with E-state index < -0.39 is 0 Å². The highest BCUT2D eigenvalue weighted by Crippen LogP contribution is 2.52. The molecule has 1 atom stereocenters. The molecule has 2 aliphatic rings. The Balaban J connectivity index is 1.20. The number of fused-ring (bicyclic) bond motifs is 6. The summed E-state index contributed by atoms with van der Waals surface area (Å²) in [5.74, 6) is 1.53. The number of benzene rings is 8. The first-order valence-corrected chi connectivity index (χ1v) is 18.4. The molecule has 1 aliphatic heterocycles. The monoisotopic (exact) mass is 679 g/mol. The summed E-state index contributed by atoms with van der Waals surface area (Å²) in [7, 11) is 0. The van der Waals surface area contributed by atoms with E-state index in [4.69, 9.17) is 9.98 Å². The minimum absolute atomic E-state index is 0.0485. The first-order valence-electron chi connectivity index (χ1n) is 18.4. The number of amidine groups is 2. The van der Waals surface area contributed by atoms with Crippen molar-refractivity contribution in [3.63, 3.8) is 0 Å². The van der Waals surface area contributed by atoms with Gasteiger partial charge in [-0.3, -0.25) is 0 Å². The predicted molar refractivity (Wildman–Crippen MR) is 222 cm³/mol. The lowest BCUT2D eigenvalue weighted by Crippen LogP contribution is -2.33. The molecular formula is C50H37N3. The first kappa shape index (κ1) is 31.2. The average Bonchev–Trinajstić information content (AvgIpc) is 3.47. The maximum absolute atomic E-state index is 5.40. The van der Waals surface area contributed by atoms with Gasteiger partial charge >= 0.3 is 0 Å². The molecule has 0 aromatic heterocycles. The molecule has 1 heterocycles. The number of rotatable bonds is 5. The molecule has 1 aliphatic carbocycles. The lowest BCUT2D eigenvalue weighted by Gasteiger charge is -2.26. The normalized spacial score (nSPS) is 15.7. The van der Waals surface area contributed by atoms with E-state index in [-0.39, 0.29) is 11.6 Å². The van der Waals surface area contributed by atoms with Crippen molar-refractivity contribution < 1.29 is 0 Å². The molecule has 1 unspecified atom stereocenters. The van der Waals surface area contributed by atoms with Crippen LogP contribution in [0.1, 0.15) is 47.8 Å². The topological polar surface area (TPSA) is 36.8 Å². The van der Waals surface area contributed by atoms with Crippen LogP contribution in [0.3, 0.4) is 0 Å². The van der Waals surface area contributed by atoms with Gasteiger partial charge < -0.3 is 5.32 Å². The van der Waals surface area contributed by atoms with Crippen LogP contribution in [0, 0.1) is 0 Å². The lowest BCUT2D eigenvalue weighted by molar-refractivity contribution is 0.660. The molecule has 0 bridgehead atoms. The van der Waals surface area contributed by atoms with Gasteiger partial charge in [-0.05, 0) is 66.1 Å². The van der Waals surface area contributed by atoms with E-state index in [9.17, 15) is 0 Å². The molecule has 0 saturated heterocycles. The number of nitrogens with one attached hydrogen (secondary N) is 1. The number of nitrogens with zero attached hydrogens (tertiary/aromatic N) is 2. The Morgan fingerprint density at radius 2 is 0.981 bits per heavy atom. The van der Waals surface area contributed by atoms with Crippen LogP contribution in [0.5, 0.6) is 0 Å². The quantitative estimate of drug-likeness (QED) is 0.181. The van der Waals surface area contributed by atoms with Gasteiger partial charge in [0.2, 0.25) is 0 Å². The maximum atomic E-state index is 5.40. The van der Waals surface area contributed by atoms with Crippen molar-refractivity contribution in [1.29, 1.82) is 0 Å².